The lowest BCUT2D eigenvalue weighted by atomic mass is 9.93. The number of anilines is 2. The summed E-state index contributed by atoms with van der Waals surface area (Å²) >= 11 is 0. The average Bonchev–Trinajstić information content (AvgIpc) is 3.56. The number of carbonyl (C=O) groups excluding carboxylic acids is 1. The zero-order chi connectivity index (χ0) is 28.2. The van der Waals surface area contributed by atoms with Gasteiger partial charge in [-0.3, -0.25) is 9.48 Å². The van der Waals surface area contributed by atoms with Gasteiger partial charge in [-0.1, -0.05) is 0 Å². The first-order valence-electron chi connectivity index (χ1n) is 14.5. The molecule has 3 aliphatic heterocycles. The Kier molecular flexibility index (Phi) is 6.49. The number of nitrogens with zero attached hydrogens (tertiary/aromatic N) is 7. The fourth-order valence-electron chi connectivity index (χ4n) is 6.73. The van der Waals surface area contributed by atoms with Crippen LogP contribution in [0.5, 0.6) is 0 Å². The molecule has 9 nitrogen and oxygen atoms in total. The fraction of sp³-hybridized carbons (Fsp3) is 0.467. The third kappa shape index (κ3) is 4.46. The van der Waals surface area contributed by atoms with E-state index in [-0.39, 0.29) is 17.5 Å². The predicted molar refractivity (Wildman–Crippen MR) is 152 cm³/mol. The maximum atomic E-state index is 14.7. The van der Waals surface area contributed by atoms with Crippen LogP contribution >= 0.6 is 0 Å². The summed E-state index contributed by atoms with van der Waals surface area (Å²) in [6.45, 7) is 5.33. The van der Waals surface area contributed by atoms with Crippen LogP contribution in [-0.4, -0.2) is 61.5 Å². The van der Waals surface area contributed by atoms with Gasteiger partial charge in [-0.25, -0.2) is 8.78 Å². The van der Waals surface area contributed by atoms with Crippen LogP contribution in [-0.2, 0) is 31.2 Å². The first kappa shape index (κ1) is 26.1. The fourth-order valence-corrected chi connectivity index (χ4v) is 6.73. The number of fused-ring (bicyclic) bond motifs is 3. The molecule has 0 atom stereocenters. The molecule has 4 aromatic rings. The van der Waals surface area contributed by atoms with E-state index in [1.54, 1.807) is 13.0 Å². The van der Waals surface area contributed by atoms with Crippen LogP contribution < -0.4 is 10.2 Å². The summed E-state index contributed by atoms with van der Waals surface area (Å²) in [5.74, 6) is 0.834. The highest BCUT2D eigenvalue weighted by molar-refractivity contribution is 5.83. The maximum Gasteiger partial charge on any atom is 0.264 e. The van der Waals surface area contributed by atoms with Crippen LogP contribution in [0, 0.1) is 0 Å². The molecule has 1 amide bonds. The van der Waals surface area contributed by atoms with Gasteiger partial charge in [0.05, 0.1) is 18.3 Å². The quantitative estimate of drug-likeness (QED) is 0.390. The van der Waals surface area contributed by atoms with Crippen molar-refractivity contribution in [2.24, 2.45) is 7.05 Å². The van der Waals surface area contributed by atoms with Gasteiger partial charge in [0.15, 0.2) is 11.5 Å². The first-order chi connectivity index (χ1) is 19.9. The number of aromatic nitrogens is 5. The van der Waals surface area contributed by atoms with Crippen LogP contribution in [0.1, 0.15) is 61.0 Å². The Hall–Kier alpha value is -3.86. The molecular formula is C30H34F2N8O. The first-order valence-corrected chi connectivity index (χ1v) is 14.5. The molecule has 0 radical (unpaired) electrons. The molecule has 214 valence electrons. The van der Waals surface area contributed by atoms with E-state index in [4.69, 9.17) is 5.10 Å². The standard InChI is InChI=1S/C30H34F2N8O/c1-18(41)38-13-8-26-24(17-38)30(36-40(26)21-5-9-33-10-6-21)39-11-3-4-19-14-22(23(28(31)32)16-27(19)39)25-15-20-7-12-37(2)29(20)35-34-25/h7,12,14-16,21,28,33H,3-6,8-11,13,17H2,1-2H3. The summed E-state index contributed by atoms with van der Waals surface area (Å²) in [5, 5.41) is 18.1. The highest BCUT2D eigenvalue weighted by Crippen LogP contribution is 2.43. The van der Waals surface area contributed by atoms with Gasteiger partial charge in [0.1, 0.15) is 0 Å². The zero-order valence-electron chi connectivity index (χ0n) is 23.4. The van der Waals surface area contributed by atoms with Gasteiger partial charge in [-0.2, -0.15) is 5.10 Å². The highest BCUT2D eigenvalue weighted by atomic mass is 19.3. The van der Waals surface area contributed by atoms with Crippen molar-refractivity contribution in [1.82, 2.24) is 34.8 Å². The van der Waals surface area contributed by atoms with E-state index in [2.05, 4.69) is 25.1 Å². The van der Waals surface area contributed by atoms with Crippen LogP contribution in [0.15, 0.2) is 30.5 Å². The molecule has 0 saturated carbocycles. The number of halogens is 2. The molecular weight excluding hydrogens is 526 g/mol. The van der Waals surface area contributed by atoms with Crippen molar-refractivity contribution < 1.29 is 13.6 Å². The Labute approximate surface area is 237 Å². The van der Waals surface area contributed by atoms with E-state index >= 15 is 0 Å². The Morgan fingerprint density at radius 3 is 2.71 bits per heavy atom. The second kappa shape index (κ2) is 10.2. The van der Waals surface area contributed by atoms with E-state index in [0.29, 0.717) is 36.5 Å². The third-order valence-electron chi connectivity index (χ3n) is 8.92. The second-order valence-corrected chi connectivity index (χ2v) is 11.4. The minimum atomic E-state index is -2.68. The zero-order valence-corrected chi connectivity index (χ0v) is 23.4. The molecule has 3 aromatic heterocycles. The molecule has 41 heavy (non-hydrogen) atoms. The lowest BCUT2D eigenvalue weighted by Crippen LogP contribution is -2.36. The molecule has 3 aliphatic rings. The van der Waals surface area contributed by atoms with E-state index < -0.39 is 6.43 Å². The lowest BCUT2D eigenvalue weighted by molar-refractivity contribution is -0.129. The number of rotatable bonds is 4. The topological polar surface area (TPSA) is 84.1 Å². The van der Waals surface area contributed by atoms with Crippen molar-refractivity contribution in [3.63, 3.8) is 0 Å². The van der Waals surface area contributed by atoms with Crippen molar-refractivity contribution in [1.29, 1.82) is 0 Å². The van der Waals surface area contributed by atoms with Gasteiger partial charge >= 0.3 is 0 Å². The monoisotopic (exact) mass is 560 g/mol. The van der Waals surface area contributed by atoms with Gasteiger partial charge in [0, 0.05) is 73.1 Å². The highest BCUT2D eigenvalue weighted by Gasteiger charge is 2.34. The van der Waals surface area contributed by atoms with Crippen molar-refractivity contribution in [2.75, 3.05) is 31.1 Å². The van der Waals surface area contributed by atoms with Gasteiger partial charge in [-0.05, 0) is 68.6 Å². The summed E-state index contributed by atoms with van der Waals surface area (Å²) in [6.07, 6.45) is 3.59. The summed E-state index contributed by atoms with van der Waals surface area (Å²) in [7, 11) is 1.88. The average molecular weight is 561 g/mol. The Morgan fingerprint density at radius 1 is 1.10 bits per heavy atom. The SMILES string of the molecule is CC(=O)N1CCc2c(c(N3CCCc4cc(-c5cc6ccn(C)c6nn5)c(C(F)F)cc43)nn2C2CCNCC2)C1. The predicted octanol–water partition coefficient (Wildman–Crippen LogP) is 4.68. The number of amides is 1. The minimum Gasteiger partial charge on any atom is -0.338 e. The number of hydrogen-bond acceptors (Lipinski definition) is 6. The van der Waals surface area contributed by atoms with E-state index in [9.17, 15) is 13.6 Å². The molecule has 1 fully saturated rings. The van der Waals surface area contributed by atoms with E-state index in [0.717, 1.165) is 73.2 Å². The molecule has 0 bridgehead atoms. The van der Waals surface area contributed by atoms with Gasteiger partial charge < -0.3 is 19.7 Å². The maximum absolute atomic E-state index is 14.7. The number of nitrogens with one attached hydrogen (secondary N) is 1. The minimum absolute atomic E-state index is 0.0383. The molecule has 7 rings (SSSR count). The molecule has 1 aromatic carbocycles. The number of carbonyl (C=O) groups is 1. The number of benzene rings is 1. The molecule has 6 heterocycles. The number of hydrogen-bond donors (Lipinski definition) is 1. The van der Waals surface area contributed by atoms with Crippen molar-refractivity contribution >= 4 is 28.4 Å². The van der Waals surface area contributed by atoms with Crippen molar-refractivity contribution in [2.45, 2.75) is 58.0 Å². The Morgan fingerprint density at radius 2 is 1.93 bits per heavy atom. The second-order valence-electron chi connectivity index (χ2n) is 11.4. The summed E-state index contributed by atoms with van der Waals surface area (Å²) in [5.41, 5.74) is 5.50. The molecule has 0 spiro atoms. The molecule has 1 saturated heterocycles. The van der Waals surface area contributed by atoms with Crippen molar-refractivity contribution in [3.8, 4) is 11.3 Å². The lowest BCUT2D eigenvalue weighted by Gasteiger charge is -2.33. The number of aryl methyl sites for hydroxylation is 2. The molecule has 0 unspecified atom stereocenters. The van der Waals surface area contributed by atoms with Crippen molar-refractivity contribution in [3.05, 3.63) is 52.8 Å². The van der Waals surface area contributed by atoms with E-state index in [1.165, 1.54) is 5.69 Å². The number of piperidine rings is 1. The Bertz CT molecular complexity index is 1640. The smallest absolute Gasteiger partial charge is 0.264 e. The van der Waals surface area contributed by atoms with Crippen LogP contribution in [0.2, 0.25) is 0 Å². The van der Waals surface area contributed by atoms with Crippen LogP contribution in [0.4, 0.5) is 20.3 Å². The van der Waals surface area contributed by atoms with Crippen LogP contribution in [0.3, 0.4) is 0 Å². The van der Waals surface area contributed by atoms with Crippen LogP contribution in [0.25, 0.3) is 22.3 Å². The van der Waals surface area contributed by atoms with Gasteiger partial charge in [-0.15, -0.1) is 10.2 Å². The number of alkyl halides is 2. The van der Waals surface area contributed by atoms with Gasteiger partial charge in [0.25, 0.3) is 6.43 Å². The summed E-state index contributed by atoms with van der Waals surface area (Å²) in [4.78, 5) is 16.3. The molecule has 1 N–H and O–H groups in total. The molecule has 11 heteroatoms. The summed E-state index contributed by atoms with van der Waals surface area (Å²) < 4.78 is 33.3. The van der Waals surface area contributed by atoms with E-state index in [1.807, 2.05) is 40.9 Å². The van der Waals surface area contributed by atoms with Gasteiger partial charge in [0.2, 0.25) is 5.91 Å². The Balaban J connectivity index is 1.34. The summed E-state index contributed by atoms with van der Waals surface area (Å²) in [6, 6.07) is 7.55. The molecule has 0 aliphatic carbocycles. The normalized spacial score (nSPS) is 17.8. The third-order valence-corrected chi connectivity index (χ3v) is 8.92. The largest absolute Gasteiger partial charge is 0.338 e.